The maximum absolute atomic E-state index is 14.1. The second kappa shape index (κ2) is 8.03. The third-order valence-corrected chi connectivity index (χ3v) is 7.28. The first-order valence-corrected chi connectivity index (χ1v) is 11.5. The number of rotatable bonds is 3. The van der Waals surface area contributed by atoms with Crippen molar-refractivity contribution in [3.8, 4) is 12.1 Å². The summed E-state index contributed by atoms with van der Waals surface area (Å²) in [6.07, 6.45) is 3.86. The molecule has 0 aromatic heterocycles. The fraction of sp³-hybridized carbons (Fsp3) is 0.179. The van der Waals surface area contributed by atoms with Gasteiger partial charge in [0.1, 0.15) is 6.04 Å². The molecular weight excluding hydrogens is 474 g/mol. The molecule has 0 radical (unpaired) electrons. The summed E-state index contributed by atoms with van der Waals surface area (Å²) in [5, 5.41) is 20.9. The van der Waals surface area contributed by atoms with Crippen molar-refractivity contribution in [3.05, 3.63) is 106 Å². The summed E-state index contributed by atoms with van der Waals surface area (Å²) in [5.41, 5.74) is 2.84. The van der Waals surface area contributed by atoms with Crippen LogP contribution in [0.25, 0.3) is 6.08 Å². The van der Waals surface area contributed by atoms with E-state index in [-0.39, 0.29) is 5.78 Å². The van der Waals surface area contributed by atoms with Crippen molar-refractivity contribution >= 4 is 33.5 Å². The van der Waals surface area contributed by atoms with Crippen molar-refractivity contribution in [1.82, 2.24) is 0 Å². The van der Waals surface area contributed by atoms with E-state index >= 15 is 0 Å². The molecule has 5 heteroatoms. The van der Waals surface area contributed by atoms with Gasteiger partial charge in [0.2, 0.25) is 0 Å². The fourth-order valence-corrected chi connectivity index (χ4v) is 5.43. The zero-order valence-electron chi connectivity index (χ0n) is 17.9. The molecule has 3 atom stereocenters. The topological polar surface area (TPSA) is 67.9 Å². The van der Waals surface area contributed by atoms with Gasteiger partial charge in [-0.3, -0.25) is 4.79 Å². The number of carbonyl (C=O) groups excluding carboxylic acids is 1. The molecule has 1 saturated heterocycles. The van der Waals surface area contributed by atoms with Crippen molar-refractivity contribution in [1.29, 1.82) is 10.5 Å². The minimum atomic E-state index is -1.43. The summed E-state index contributed by atoms with van der Waals surface area (Å²) in [4.78, 5) is 16.1. The second-order valence-electron chi connectivity index (χ2n) is 8.57. The van der Waals surface area contributed by atoms with E-state index in [2.05, 4.69) is 28.1 Å². The quantitative estimate of drug-likeness (QED) is 0.417. The number of benzene rings is 3. The van der Waals surface area contributed by atoms with E-state index in [1.807, 2.05) is 96.8 Å². The lowest BCUT2D eigenvalue weighted by molar-refractivity contribution is 0.0951. The van der Waals surface area contributed by atoms with Crippen LogP contribution in [0, 0.1) is 35.0 Å². The Bertz CT molecular complexity index is 1330. The van der Waals surface area contributed by atoms with E-state index in [0.717, 1.165) is 26.9 Å². The Morgan fingerprint density at radius 1 is 0.970 bits per heavy atom. The molecule has 0 saturated carbocycles. The molecule has 5 rings (SSSR count). The number of carbonyl (C=O) groups is 1. The van der Waals surface area contributed by atoms with Crippen LogP contribution in [0.2, 0.25) is 0 Å². The van der Waals surface area contributed by atoms with Crippen LogP contribution in [0.3, 0.4) is 0 Å². The van der Waals surface area contributed by atoms with E-state index < -0.39 is 23.4 Å². The molecular formula is C28H20BrN3O. The lowest BCUT2D eigenvalue weighted by Crippen LogP contribution is -2.44. The average molecular weight is 494 g/mol. The van der Waals surface area contributed by atoms with E-state index in [9.17, 15) is 15.3 Å². The first-order valence-electron chi connectivity index (χ1n) is 10.7. The average Bonchev–Trinajstić information content (AvgIpc) is 3.15. The summed E-state index contributed by atoms with van der Waals surface area (Å²) in [7, 11) is 0. The SMILES string of the molecule is Cc1ccc(C(=O)[C@@H]2[C@@H](c3ccc(Br)cc3)C(C#N)(C#N)[C@H]3C=Cc4ccccc4N23)cc1. The molecule has 2 aliphatic heterocycles. The number of Topliss-reactive ketones (excluding diaryl/α,β-unsaturated/α-hetero) is 1. The lowest BCUT2D eigenvalue weighted by atomic mass is 9.69. The van der Waals surface area contributed by atoms with Gasteiger partial charge in [-0.1, -0.05) is 88.2 Å². The van der Waals surface area contributed by atoms with Gasteiger partial charge in [-0.15, -0.1) is 0 Å². The summed E-state index contributed by atoms with van der Waals surface area (Å²) >= 11 is 3.47. The molecule has 0 aliphatic carbocycles. The standard InChI is InChI=1S/C28H20BrN3O/c1-18-6-8-21(9-7-18)27(33)26-25(20-10-13-22(29)14-11-20)28(16-30,17-31)24-15-12-19-4-2-3-5-23(19)32(24)26/h2-15,24-26H,1H3/t24-,25-,26+/m1/s1. The first-order chi connectivity index (χ1) is 16.0. The van der Waals surface area contributed by atoms with Crippen molar-refractivity contribution in [2.24, 2.45) is 5.41 Å². The Morgan fingerprint density at radius 3 is 2.30 bits per heavy atom. The van der Waals surface area contributed by atoms with E-state index in [0.29, 0.717) is 5.56 Å². The molecule has 0 amide bonds. The van der Waals surface area contributed by atoms with Crippen LogP contribution >= 0.6 is 15.9 Å². The van der Waals surface area contributed by atoms with Crippen LogP contribution in [0.15, 0.2) is 83.3 Å². The van der Waals surface area contributed by atoms with Crippen LogP contribution < -0.4 is 4.90 Å². The summed E-state index contributed by atoms with van der Waals surface area (Å²) in [6, 6.07) is 26.4. The minimum Gasteiger partial charge on any atom is -0.351 e. The van der Waals surface area contributed by atoms with E-state index in [1.165, 1.54) is 0 Å². The molecule has 3 aromatic carbocycles. The normalized spacial score (nSPS) is 22.1. The number of aryl methyl sites for hydroxylation is 1. The Morgan fingerprint density at radius 2 is 1.64 bits per heavy atom. The van der Waals surface area contributed by atoms with Gasteiger partial charge in [-0.05, 0) is 36.2 Å². The highest BCUT2D eigenvalue weighted by Crippen LogP contribution is 2.55. The lowest BCUT2D eigenvalue weighted by Gasteiger charge is -2.35. The van der Waals surface area contributed by atoms with Crippen LogP contribution in [-0.2, 0) is 0 Å². The highest BCUT2D eigenvalue weighted by molar-refractivity contribution is 9.10. The van der Waals surface area contributed by atoms with E-state index in [1.54, 1.807) is 0 Å². The minimum absolute atomic E-state index is 0.0922. The number of hydrogen-bond acceptors (Lipinski definition) is 4. The number of nitrogens with zero attached hydrogens (tertiary/aromatic N) is 3. The van der Waals surface area contributed by atoms with Gasteiger partial charge in [0, 0.05) is 21.6 Å². The zero-order valence-corrected chi connectivity index (χ0v) is 19.5. The molecule has 0 spiro atoms. The summed E-state index contributed by atoms with van der Waals surface area (Å²) in [5.74, 6) is -0.722. The molecule has 1 fully saturated rings. The Labute approximate surface area is 201 Å². The second-order valence-corrected chi connectivity index (χ2v) is 9.48. The van der Waals surface area contributed by atoms with Crippen molar-refractivity contribution < 1.29 is 4.79 Å². The molecule has 33 heavy (non-hydrogen) atoms. The van der Waals surface area contributed by atoms with Gasteiger partial charge in [-0.25, -0.2) is 0 Å². The summed E-state index contributed by atoms with van der Waals surface area (Å²) in [6.45, 7) is 1.98. The predicted octanol–water partition coefficient (Wildman–Crippen LogP) is 6.04. The molecule has 2 heterocycles. The van der Waals surface area contributed by atoms with Crippen LogP contribution in [-0.4, -0.2) is 17.9 Å². The van der Waals surface area contributed by atoms with Crippen LogP contribution in [0.5, 0.6) is 0 Å². The summed E-state index contributed by atoms with van der Waals surface area (Å²) < 4.78 is 0.896. The number of hydrogen-bond donors (Lipinski definition) is 0. The number of para-hydroxylation sites is 1. The van der Waals surface area contributed by atoms with Gasteiger partial charge in [0.15, 0.2) is 11.2 Å². The zero-order chi connectivity index (χ0) is 23.2. The fourth-order valence-electron chi connectivity index (χ4n) is 5.17. The smallest absolute Gasteiger partial charge is 0.185 e. The number of nitriles is 2. The van der Waals surface area contributed by atoms with Gasteiger partial charge < -0.3 is 4.90 Å². The number of halogens is 1. The van der Waals surface area contributed by atoms with Gasteiger partial charge in [0.05, 0.1) is 18.2 Å². The molecule has 4 nitrogen and oxygen atoms in total. The van der Waals surface area contributed by atoms with Gasteiger partial charge in [0.25, 0.3) is 0 Å². The van der Waals surface area contributed by atoms with Crippen molar-refractivity contribution in [2.45, 2.75) is 24.9 Å². The molecule has 0 N–H and O–H groups in total. The maximum Gasteiger partial charge on any atom is 0.185 e. The first kappa shape index (κ1) is 21.2. The van der Waals surface area contributed by atoms with E-state index in [4.69, 9.17) is 0 Å². The number of fused-ring (bicyclic) bond motifs is 3. The Balaban J connectivity index is 1.78. The Kier molecular flexibility index (Phi) is 5.16. The van der Waals surface area contributed by atoms with Crippen molar-refractivity contribution in [3.63, 3.8) is 0 Å². The third kappa shape index (κ3) is 3.20. The highest BCUT2D eigenvalue weighted by Gasteiger charge is 2.63. The maximum atomic E-state index is 14.1. The number of anilines is 1. The largest absolute Gasteiger partial charge is 0.351 e. The molecule has 2 aliphatic rings. The van der Waals surface area contributed by atoms with Gasteiger partial charge in [-0.2, -0.15) is 10.5 Å². The third-order valence-electron chi connectivity index (χ3n) is 6.75. The van der Waals surface area contributed by atoms with Crippen LogP contribution in [0.4, 0.5) is 5.69 Å². The highest BCUT2D eigenvalue weighted by atomic mass is 79.9. The van der Waals surface area contributed by atoms with Crippen molar-refractivity contribution in [2.75, 3.05) is 4.90 Å². The van der Waals surface area contributed by atoms with Gasteiger partial charge >= 0.3 is 0 Å². The molecule has 0 unspecified atom stereocenters. The monoisotopic (exact) mass is 493 g/mol. The predicted molar refractivity (Wildman–Crippen MR) is 132 cm³/mol. The Hall–Kier alpha value is -3.67. The molecule has 0 bridgehead atoms. The number of ketones is 1. The molecule has 160 valence electrons. The van der Waals surface area contributed by atoms with Crippen LogP contribution in [0.1, 0.15) is 33.0 Å². The molecule has 3 aromatic rings.